The van der Waals surface area contributed by atoms with Gasteiger partial charge >= 0.3 is 0 Å². The summed E-state index contributed by atoms with van der Waals surface area (Å²) in [5.74, 6) is -0.291. The Morgan fingerprint density at radius 2 is 2.25 bits per heavy atom. The average Bonchev–Trinajstić information content (AvgIpc) is 2.75. The lowest BCUT2D eigenvalue weighted by atomic mass is 10.2. The summed E-state index contributed by atoms with van der Waals surface area (Å²) in [5, 5.41) is 3.50. The first-order chi connectivity index (χ1) is 9.52. The monoisotopic (exact) mass is 325 g/mol. The van der Waals surface area contributed by atoms with Crippen LogP contribution in [0, 0.1) is 3.95 Å². The predicted octanol–water partition coefficient (Wildman–Crippen LogP) is 2.58. The first-order valence-corrected chi connectivity index (χ1v) is 7.22. The number of thiazole rings is 1. The molecule has 2 N–H and O–H groups in total. The zero-order valence-corrected chi connectivity index (χ0v) is 12.6. The van der Waals surface area contributed by atoms with Gasteiger partial charge in [0, 0.05) is 12.1 Å². The molecule has 5 nitrogen and oxygen atoms in total. The molecule has 0 saturated carbocycles. The lowest BCUT2D eigenvalue weighted by molar-refractivity contribution is 0.0968. The molecule has 0 aliphatic rings. The molecule has 0 atom stereocenters. The Morgan fingerprint density at radius 3 is 2.95 bits per heavy atom. The summed E-state index contributed by atoms with van der Waals surface area (Å²) in [7, 11) is 1.53. The topological polar surface area (TPSA) is 66.4 Å². The second-order valence-electron chi connectivity index (χ2n) is 4.08. The van der Waals surface area contributed by atoms with Crippen LogP contribution < -0.4 is 10.9 Å². The van der Waals surface area contributed by atoms with Gasteiger partial charge in [-0.25, -0.2) is 0 Å². The first kappa shape index (κ1) is 13.3. The molecule has 0 bridgehead atoms. The van der Waals surface area contributed by atoms with E-state index >= 15 is 0 Å². The third-order valence-electron chi connectivity index (χ3n) is 2.92. The summed E-state index contributed by atoms with van der Waals surface area (Å²) in [6.07, 6.45) is 0. The minimum absolute atomic E-state index is 0.283. The molecule has 1 amide bonds. The average molecular weight is 326 g/mol. The number of aromatic amines is 1. The van der Waals surface area contributed by atoms with Crippen LogP contribution in [0.15, 0.2) is 23.0 Å². The Bertz CT molecular complexity index is 970. The van der Waals surface area contributed by atoms with Gasteiger partial charge in [0.15, 0.2) is 3.95 Å². The van der Waals surface area contributed by atoms with Crippen LogP contribution in [0.25, 0.3) is 16.6 Å². The van der Waals surface area contributed by atoms with Gasteiger partial charge in [0.1, 0.15) is 10.5 Å². The lowest BCUT2D eigenvalue weighted by Crippen LogP contribution is -2.18. The number of hydrogen-bond acceptors (Lipinski definition) is 4. The fraction of sp³-hybridized carbons (Fsp3) is 0.0833. The van der Waals surface area contributed by atoms with Crippen molar-refractivity contribution < 1.29 is 4.79 Å². The minimum Gasteiger partial charge on any atom is -0.354 e. The molecular weight excluding hydrogens is 318 g/mol. The molecule has 2 aromatic heterocycles. The van der Waals surface area contributed by atoms with Crippen molar-refractivity contribution in [2.24, 2.45) is 0 Å². The largest absolute Gasteiger partial charge is 0.354 e. The Balaban J connectivity index is 2.59. The predicted molar refractivity (Wildman–Crippen MR) is 82.6 cm³/mol. The Morgan fingerprint density at radius 1 is 1.50 bits per heavy atom. The van der Waals surface area contributed by atoms with E-state index in [4.69, 9.17) is 23.8 Å². The quantitative estimate of drug-likeness (QED) is 0.676. The number of hydrogen-bond donors (Lipinski definition) is 2. The summed E-state index contributed by atoms with van der Waals surface area (Å²) < 4.78 is 2.13. The molecule has 0 aliphatic carbocycles. The highest BCUT2D eigenvalue weighted by Gasteiger charge is 2.16. The molecule has 8 heteroatoms. The molecule has 0 fully saturated rings. The summed E-state index contributed by atoms with van der Waals surface area (Å²) in [5.41, 5.74) is 0.696. The maximum Gasteiger partial charge on any atom is 0.264 e. The summed E-state index contributed by atoms with van der Waals surface area (Å²) >= 11 is 12.4. The van der Waals surface area contributed by atoms with Crippen LogP contribution in [-0.2, 0) is 0 Å². The van der Waals surface area contributed by atoms with Crippen LogP contribution in [-0.4, -0.2) is 22.3 Å². The molecule has 3 aromatic rings. The highest BCUT2D eigenvalue weighted by molar-refractivity contribution is 7.73. The number of halogens is 1. The lowest BCUT2D eigenvalue weighted by Gasteiger charge is -2.03. The Labute approximate surface area is 126 Å². The van der Waals surface area contributed by atoms with Crippen LogP contribution in [0.4, 0.5) is 0 Å². The van der Waals surface area contributed by atoms with Gasteiger partial charge in [-0.05, 0) is 30.4 Å². The maximum atomic E-state index is 12.1. The van der Waals surface area contributed by atoms with Gasteiger partial charge < -0.3 is 10.3 Å². The number of amides is 1. The standard InChI is InChI=1S/C12H8ClN3O2S2/c1-14-11(18)8-9-15-10(17)6-3-2-5(13)4-7(6)16(9)12(19)20-8/h2-4H,1H3,(H,14,18)(H,15,17). The molecule has 0 saturated heterocycles. The molecule has 102 valence electrons. The van der Waals surface area contributed by atoms with E-state index in [0.29, 0.717) is 30.4 Å². The second-order valence-corrected chi connectivity index (χ2v) is 6.16. The smallest absolute Gasteiger partial charge is 0.264 e. The molecule has 20 heavy (non-hydrogen) atoms. The number of fused-ring (bicyclic) bond motifs is 3. The highest BCUT2D eigenvalue weighted by atomic mass is 35.5. The van der Waals surface area contributed by atoms with E-state index in [-0.39, 0.29) is 11.5 Å². The van der Waals surface area contributed by atoms with Crippen LogP contribution in [0.5, 0.6) is 0 Å². The van der Waals surface area contributed by atoms with Crippen molar-refractivity contribution in [3.8, 4) is 0 Å². The van der Waals surface area contributed by atoms with E-state index in [1.54, 1.807) is 22.6 Å². The molecule has 0 spiro atoms. The van der Waals surface area contributed by atoms with E-state index in [1.807, 2.05) is 0 Å². The fourth-order valence-electron chi connectivity index (χ4n) is 2.03. The number of carbonyl (C=O) groups excluding carboxylic acids is 1. The van der Waals surface area contributed by atoms with Crippen molar-refractivity contribution in [1.82, 2.24) is 14.7 Å². The fourth-order valence-corrected chi connectivity index (χ4v) is 3.52. The van der Waals surface area contributed by atoms with Crippen molar-refractivity contribution in [1.29, 1.82) is 0 Å². The van der Waals surface area contributed by atoms with Crippen molar-refractivity contribution in [3.63, 3.8) is 0 Å². The van der Waals surface area contributed by atoms with E-state index in [9.17, 15) is 9.59 Å². The Hall–Kier alpha value is -1.70. The highest BCUT2D eigenvalue weighted by Crippen LogP contribution is 2.24. The van der Waals surface area contributed by atoms with Gasteiger partial charge in [-0.1, -0.05) is 22.9 Å². The van der Waals surface area contributed by atoms with Gasteiger partial charge in [-0.2, -0.15) is 0 Å². The maximum absolute atomic E-state index is 12.1. The molecule has 3 rings (SSSR count). The number of nitrogens with one attached hydrogen (secondary N) is 2. The van der Waals surface area contributed by atoms with Crippen LogP contribution in [0.1, 0.15) is 9.67 Å². The van der Waals surface area contributed by atoms with Crippen LogP contribution in [0.2, 0.25) is 5.02 Å². The minimum atomic E-state index is -0.291. The number of benzene rings is 1. The Kier molecular flexibility index (Phi) is 3.12. The summed E-state index contributed by atoms with van der Waals surface area (Å²) in [6.45, 7) is 0. The number of aromatic nitrogens is 2. The summed E-state index contributed by atoms with van der Waals surface area (Å²) in [4.78, 5) is 27.0. The molecule has 0 unspecified atom stereocenters. The number of nitrogens with zero attached hydrogens (tertiary/aromatic N) is 1. The van der Waals surface area contributed by atoms with Gasteiger partial charge in [0.05, 0.1) is 10.9 Å². The summed E-state index contributed by atoms with van der Waals surface area (Å²) in [6, 6.07) is 4.94. The molecule has 2 heterocycles. The zero-order chi connectivity index (χ0) is 14.4. The molecular formula is C12H8ClN3O2S2. The molecule has 0 radical (unpaired) electrons. The van der Waals surface area contributed by atoms with Crippen LogP contribution in [0.3, 0.4) is 0 Å². The SMILES string of the molecule is CNC(=O)c1sc(=S)n2c1[nH]c(=O)c1ccc(Cl)cc12. The number of carbonyl (C=O) groups is 1. The van der Waals surface area contributed by atoms with Gasteiger partial charge in [0.2, 0.25) is 0 Å². The van der Waals surface area contributed by atoms with Crippen molar-refractivity contribution in [3.05, 3.63) is 42.4 Å². The van der Waals surface area contributed by atoms with E-state index in [0.717, 1.165) is 11.3 Å². The zero-order valence-electron chi connectivity index (χ0n) is 10.2. The van der Waals surface area contributed by atoms with E-state index < -0.39 is 0 Å². The van der Waals surface area contributed by atoms with Gasteiger partial charge in [-0.3, -0.25) is 14.0 Å². The normalized spacial score (nSPS) is 11.1. The van der Waals surface area contributed by atoms with Gasteiger partial charge in [-0.15, -0.1) is 0 Å². The van der Waals surface area contributed by atoms with Crippen molar-refractivity contribution >= 4 is 57.6 Å². The third-order valence-corrected chi connectivity index (χ3v) is 4.53. The second kappa shape index (κ2) is 4.69. The third kappa shape index (κ3) is 1.86. The van der Waals surface area contributed by atoms with E-state index in [2.05, 4.69) is 10.3 Å². The van der Waals surface area contributed by atoms with Crippen molar-refractivity contribution in [2.75, 3.05) is 7.05 Å². The van der Waals surface area contributed by atoms with Crippen molar-refractivity contribution in [2.45, 2.75) is 0 Å². The molecule has 1 aromatic carbocycles. The molecule has 0 aliphatic heterocycles. The number of rotatable bonds is 1. The first-order valence-electron chi connectivity index (χ1n) is 5.62. The van der Waals surface area contributed by atoms with Gasteiger partial charge in [0.25, 0.3) is 11.5 Å². The number of H-pyrrole nitrogens is 1. The van der Waals surface area contributed by atoms with E-state index in [1.165, 1.54) is 7.05 Å². The van der Waals surface area contributed by atoms with Crippen LogP contribution >= 0.6 is 35.2 Å².